The van der Waals surface area contributed by atoms with Crippen LogP contribution in [0, 0.1) is 5.82 Å². The van der Waals surface area contributed by atoms with Gasteiger partial charge in [0.05, 0.1) is 15.6 Å². The maximum atomic E-state index is 14.1. The Bertz CT molecular complexity index is 1100. The third-order valence-electron chi connectivity index (χ3n) is 4.14. The summed E-state index contributed by atoms with van der Waals surface area (Å²) < 4.78 is 20.2. The van der Waals surface area contributed by atoms with Gasteiger partial charge in [-0.2, -0.15) is 0 Å². The maximum Gasteiger partial charge on any atom is 0.270 e. The first-order valence-corrected chi connectivity index (χ1v) is 10.2. The quantitative estimate of drug-likeness (QED) is 0.333. The van der Waals surface area contributed by atoms with Gasteiger partial charge in [0.1, 0.15) is 17.3 Å². The van der Waals surface area contributed by atoms with Crippen molar-refractivity contribution in [3.8, 4) is 11.5 Å². The fourth-order valence-electron chi connectivity index (χ4n) is 2.76. The van der Waals surface area contributed by atoms with Crippen molar-refractivity contribution < 1.29 is 13.9 Å². The van der Waals surface area contributed by atoms with Gasteiger partial charge in [0, 0.05) is 5.56 Å². The summed E-state index contributed by atoms with van der Waals surface area (Å²) in [7, 11) is 0. The number of halogens is 2. The summed E-state index contributed by atoms with van der Waals surface area (Å²) in [6.07, 6.45) is 1.43. The molecule has 3 nitrogen and oxygen atoms in total. The molecule has 4 rings (SSSR count). The van der Waals surface area contributed by atoms with E-state index in [1.807, 2.05) is 30.3 Å². The predicted octanol–water partition coefficient (Wildman–Crippen LogP) is 6.68. The molecule has 1 heterocycles. The van der Waals surface area contributed by atoms with Crippen molar-refractivity contribution in [3.63, 3.8) is 0 Å². The van der Waals surface area contributed by atoms with Crippen molar-refractivity contribution in [2.75, 3.05) is 4.90 Å². The zero-order valence-electron chi connectivity index (χ0n) is 14.8. The van der Waals surface area contributed by atoms with Crippen LogP contribution in [0.4, 0.5) is 10.1 Å². The highest BCUT2D eigenvalue weighted by atomic mass is 35.5. The normalized spacial score (nSPS) is 15.2. The van der Waals surface area contributed by atoms with Gasteiger partial charge in [-0.3, -0.25) is 9.69 Å². The van der Waals surface area contributed by atoms with Crippen LogP contribution in [0.2, 0.25) is 5.02 Å². The third kappa shape index (κ3) is 4.19. The molecule has 0 aromatic heterocycles. The van der Waals surface area contributed by atoms with Crippen LogP contribution in [-0.4, -0.2) is 10.2 Å². The van der Waals surface area contributed by atoms with E-state index in [-0.39, 0.29) is 16.5 Å². The van der Waals surface area contributed by atoms with Crippen molar-refractivity contribution in [3.05, 3.63) is 94.1 Å². The highest BCUT2D eigenvalue weighted by molar-refractivity contribution is 8.27. The van der Waals surface area contributed by atoms with Crippen LogP contribution in [0.25, 0.3) is 6.08 Å². The van der Waals surface area contributed by atoms with Crippen LogP contribution in [0.3, 0.4) is 0 Å². The molecule has 0 atom stereocenters. The number of ether oxygens (including phenoxy) is 1. The molecule has 1 amide bonds. The standard InChI is InChI=1S/C22H13ClFNO2S2/c23-18-7-4-8-19(24)17(18)13-20-21(26)25(22(28)29-20)14-9-11-16(12-10-14)27-15-5-2-1-3-6-15/h1-13H/b20-13-. The monoisotopic (exact) mass is 441 g/mol. The molecule has 0 unspecified atom stereocenters. The third-order valence-corrected chi connectivity index (χ3v) is 5.77. The molecule has 0 N–H and O–H groups in total. The summed E-state index contributed by atoms with van der Waals surface area (Å²) in [4.78, 5) is 14.6. The lowest BCUT2D eigenvalue weighted by atomic mass is 10.2. The van der Waals surface area contributed by atoms with Gasteiger partial charge < -0.3 is 4.74 Å². The minimum atomic E-state index is -0.495. The zero-order chi connectivity index (χ0) is 20.4. The number of para-hydroxylation sites is 1. The molecule has 0 radical (unpaired) electrons. The lowest BCUT2D eigenvalue weighted by Gasteiger charge is -2.15. The molecular weight excluding hydrogens is 429 g/mol. The van der Waals surface area contributed by atoms with E-state index < -0.39 is 5.82 Å². The zero-order valence-corrected chi connectivity index (χ0v) is 17.2. The number of carbonyl (C=O) groups excluding carboxylic acids is 1. The lowest BCUT2D eigenvalue weighted by molar-refractivity contribution is -0.113. The molecule has 1 fully saturated rings. The molecule has 1 aliphatic heterocycles. The van der Waals surface area contributed by atoms with Gasteiger partial charge >= 0.3 is 0 Å². The fourth-order valence-corrected chi connectivity index (χ4v) is 4.26. The van der Waals surface area contributed by atoms with Gasteiger partial charge in [-0.25, -0.2) is 4.39 Å². The average Bonchev–Trinajstić information content (AvgIpc) is 2.99. The molecule has 0 spiro atoms. The van der Waals surface area contributed by atoms with Crippen LogP contribution in [0.1, 0.15) is 5.56 Å². The molecule has 0 bridgehead atoms. The van der Waals surface area contributed by atoms with E-state index in [0.717, 1.165) is 17.5 Å². The number of thioether (sulfide) groups is 1. The first kappa shape index (κ1) is 19.6. The summed E-state index contributed by atoms with van der Waals surface area (Å²) in [5, 5.41) is 0.234. The molecule has 1 aliphatic rings. The Labute approximate surface area is 181 Å². The number of thiocarbonyl (C=S) groups is 1. The highest BCUT2D eigenvalue weighted by Crippen LogP contribution is 2.38. The van der Waals surface area contributed by atoms with Crippen LogP contribution in [0.5, 0.6) is 11.5 Å². The van der Waals surface area contributed by atoms with E-state index in [2.05, 4.69) is 0 Å². The number of benzene rings is 3. The smallest absolute Gasteiger partial charge is 0.270 e. The number of hydrogen-bond acceptors (Lipinski definition) is 4. The second kappa shape index (κ2) is 8.37. The van der Waals surface area contributed by atoms with Gasteiger partial charge in [0.2, 0.25) is 0 Å². The van der Waals surface area contributed by atoms with Crippen LogP contribution in [-0.2, 0) is 4.79 Å². The summed E-state index contributed by atoms with van der Waals surface area (Å²) >= 11 is 12.5. The second-order valence-corrected chi connectivity index (χ2v) is 8.14. The first-order chi connectivity index (χ1) is 14.0. The second-order valence-electron chi connectivity index (χ2n) is 6.06. The van der Waals surface area contributed by atoms with E-state index in [0.29, 0.717) is 20.7 Å². The maximum absolute atomic E-state index is 14.1. The average molecular weight is 442 g/mol. The van der Waals surface area contributed by atoms with Gasteiger partial charge in [0.15, 0.2) is 4.32 Å². The van der Waals surface area contributed by atoms with Crippen molar-refractivity contribution >= 4 is 57.6 Å². The van der Waals surface area contributed by atoms with Crippen LogP contribution >= 0.6 is 35.6 Å². The Hall–Kier alpha value is -2.67. The molecule has 3 aromatic rings. The Morgan fingerprint density at radius 3 is 2.34 bits per heavy atom. The van der Waals surface area contributed by atoms with Crippen LogP contribution in [0.15, 0.2) is 77.7 Å². The van der Waals surface area contributed by atoms with Crippen molar-refractivity contribution in [2.24, 2.45) is 0 Å². The van der Waals surface area contributed by atoms with Gasteiger partial charge in [-0.15, -0.1) is 0 Å². The number of amides is 1. The summed E-state index contributed by atoms with van der Waals surface area (Å²) in [6.45, 7) is 0. The molecule has 0 saturated carbocycles. The Kier molecular flexibility index (Phi) is 5.67. The summed E-state index contributed by atoms with van der Waals surface area (Å²) in [5.41, 5.74) is 0.775. The molecular formula is C22H13ClFNO2S2. The number of carbonyl (C=O) groups is 1. The van der Waals surface area contributed by atoms with E-state index >= 15 is 0 Å². The number of rotatable bonds is 4. The van der Waals surface area contributed by atoms with Gasteiger partial charge in [-0.05, 0) is 54.6 Å². The van der Waals surface area contributed by atoms with Crippen molar-refractivity contribution in [1.29, 1.82) is 0 Å². The fraction of sp³-hybridized carbons (Fsp3) is 0. The van der Waals surface area contributed by atoms with E-state index in [1.165, 1.54) is 23.1 Å². The summed E-state index contributed by atoms with van der Waals surface area (Å²) in [5.74, 6) is 0.538. The number of anilines is 1. The molecule has 29 heavy (non-hydrogen) atoms. The Morgan fingerprint density at radius 1 is 0.966 bits per heavy atom. The van der Waals surface area contributed by atoms with E-state index in [4.69, 9.17) is 28.6 Å². The molecule has 1 saturated heterocycles. The number of hydrogen-bond donors (Lipinski definition) is 0. The Morgan fingerprint density at radius 2 is 1.66 bits per heavy atom. The minimum absolute atomic E-state index is 0.168. The highest BCUT2D eigenvalue weighted by Gasteiger charge is 2.33. The van der Waals surface area contributed by atoms with Gasteiger partial charge in [0.25, 0.3) is 5.91 Å². The predicted molar refractivity (Wildman–Crippen MR) is 120 cm³/mol. The lowest BCUT2D eigenvalue weighted by Crippen LogP contribution is -2.27. The SMILES string of the molecule is O=C1/C(=C/c2c(F)cccc2Cl)SC(=S)N1c1ccc(Oc2ccccc2)cc1. The largest absolute Gasteiger partial charge is 0.457 e. The molecule has 144 valence electrons. The van der Waals surface area contributed by atoms with Crippen LogP contribution < -0.4 is 9.64 Å². The first-order valence-electron chi connectivity index (χ1n) is 8.58. The summed E-state index contributed by atoms with van der Waals surface area (Å²) in [6, 6.07) is 20.8. The number of nitrogens with zero attached hydrogens (tertiary/aromatic N) is 1. The van der Waals surface area contributed by atoms with Gasteiger partial charge in [-0.1, -0.05) is 59.8 Å². The minimum Gasteiger partial charge on any atom is -0.457 e. The Balaban J connectivity index is 1.57. The van der Waals surface area contributed by atoms with E-state index in [1.54, 1.807) is 30.3 Å². The van der Waals surface area contributed by atoms with E-state index in [9.17, 15) is 9.18 Å². The van der Waals surface area contributed by atoms with Crippen molar-refractivity contribution in [2.45, 2.75) is 0 Å². The topological polar surface area (TPSA) is 29.5 Å². The molecule has 0 aliphatic carbocycles. The van der Waals surface area contributed by atoms with Crippen molar-refractivity contribution in [1.82, 2.24) is 0 Å². The molecule has 7 heteroatoms. The molecule has 3 aromatic carbocycles.